The molecule has 0 unspecified atom stereocenters. The van der Waals surface area contributed by atoms with Crippen LogP contribution in [-0.2, 0) is 14.7 Å². The van der Waals surface area contributed by atoms with E-state index >= 15 is 0 Å². The highest BCUT2D eigenvalue weighted by atomic mass is 35.5. The normalized spacial score (nSPS) is 35.8. The summed E-state index contributed by atoms with van der Waals surface area (Å²) in [6.45, 7) is 0. The Hall–Kier alpha value is -1.04. The molecular formula is C14H17ClNO9P. The first-order valence-electron chi connectivity index (χ1n) is 7.43. The summed E-state index contributed by atoms with van der Waals surface area (Å²) in [5.41, 5.74) is -2.39. The molecule has 0 aliphatic heterocycles. The molecular weight excluding hydrogens is 393 g/mol. The minimum Gasteiger partial charge on any atom is -0.387 e. The molecule has 8 N–H and O–H groups in total. The standard InChI is InChI=1S/C14H17ClNO9P/c15-5-1-2-6-7(4-16-8(6)3-5)14(25-26(22,23)24)12(20)10(18)9(17)11(19)13(14)21/h1-4,9-13,16-21H,(H2,22,23,24)/t9-,10-,11+,12-,13-,14-/m0/s1. The van der Waals surface area contributed by atoms with E-state index in [4.69, 9.17) is 16.1 Å². The molecule has 1 heterocycles. The van der Waals surface area contributed by atoms with Gasteiger partial charge in [0.15, 0.2) is 5.60 Å². The van der Waals surface area contributed by atoms with Gasteiger partial charge >= 0.3 is 7.82 Å². The number of hydrogen-bond donors (Lipinski definition) is 8. The van der Waals surface area contributed by atoms with Gasteiger partial charge in [-0.1, -0.05) is 17.7 Å². The molecule has 1 fully saturated rings. The summed E-state index contributed by atoms with van der Waals surface area (Å²) in [4.78, 5) is 21.4. The SMILES string of the molecule is O=P(O)(O)O[C@]1(c2c[nH]c3cc(Cl)ccc23)[C@@H](O)[C@H](O)[C@@H](O)[C@H](O)[C@@H]1O. The molecule has 12 heteroatoms. The molecule has 2 aromatic rings. The molecule has 10 nitrogen and oxygen atoms in total. The van der Waals surface area contributed by atoms with Gasteiger partial charge in [0.25, 0.3) is 0 Å². The fraction of sp³-hybridized carbons (Fsp3) is 0.429. The van der Waals surface area contributed by atoms with Crippen LogP contribution in [0.15, 0.2) is 24.4 Å². The summed E-state index contributed by atoms with van der Waals surface area (Å²) < 4.78 is 16.3. The largest absolute Gasteiger partial charge is 0.470 e. The molecule has 0 saturated heterocycles. The number of phosphoric acid groups is 1. The fourth-order valence-corrected chi connectivity index (χ4v) is 4.23. The Bertz CT molecular complexity index is 851. The Morgan fingerprint density at radius 3 is 2.15 bits per heavy atom. The van der Waals surface area contributed by atoms with E-state index in [9.17, 15) is 39.9 Å². The molecule has 3 rings (SSSR count). The lowest BCUT2D eigenvalue weighted by atomic mass is 9.71. The number of nitrogens with one attached hydrogen (secondary N) is 1. The van der Waals surface area contributed by atoms with Gasteiger partial charge in [-0.3, -0.25) is 4.52 Å². The number of aliphatic hydroxyl groups excluding tert-OH is 5. The predicted molar refractivity (Wildman–Crippen MR) is 88.1 cm³/mol. The van der Waals surface area contributed by atoms with E-state index in [1.54, 1.807) is 0 Å². The molecule has 1 saturated carbocycles. The summed E-state index contributed by atoms with van der Waals surface area (Å²) >= 11 is 5.89. The van der Waals surface area contributed by atoms with E-state index in [1.165, 1.54) is 24.4 Å². The average molecular weight is 410 g/mol. The van der Waals surface area contributed by atoms with E-state index in [0.717, 1.165) is 0 Å². The van der Waals surface area contributed by atoms with Crippen molar-refractivity contribution in [3.05, 3.63) is 35.0 Å². The van der Waals surface area contributed by atoms with Gasteiger partial charge in [-0.2, -0.15) is 0 Å². The van der Waals surface area contributed by atoms with Crippen molar-refractivity contribution in [2.75, 3.05) is 0 Å². The first-order valence-corrected chi connectivity index (χ1v) is 9.33. The monoisotopic (exact) mass is 409 g/mol. The van der Waals surface area contributed by atoms with Crippen LogP contribution in [0.25, 0.3) is 10.9 Å². The minimum atomic E-state index is -5.34. The summed E-state index contributed by atoms with van der Waals surface area (Å²) in [7, 11) is -5.34. The van der Waals surface area contributed by atoms with Gasteiger partial charge < -0.3 is 40.3 Å². The summed E-state index contributed by atoms with van der Waals surface area (Å²) in [6, 6.07) is 4.38. The number of phosphoric ester groups is 1. The third kappa shape index (κ3) is 2.98. The average Bonchev–Trinajstić information content (AvgIpc) is 2.97. The van der Waals surface area contributed by atoms with Crippen LogP contribution >= 0.6 is 19.4 Å². The Kier molecular flexibility index (Phi) is 4.96. The molecule has 1 aliphatic carbocycles. The van der Waals surface area contributed by atoms with Crippen LogP contribution in [0, 0.1) is 0 Å². The lowest BCUT2D eigenvalue weighted by molar-refractivity contribution is -0.266. The minimum absolute atomic E-state index is 0.141. The van der Waals surface area contributed by atoms with E-state index in [2.05, 4.69) is 4.98 Å². The number of aromatic nitrogens is 1. The van der Waals surface area contributed by atoms with Crippen molar-refractivity contribution in [2.45, 2.75) is 36.1 Å². The molecule has 26 heavy (non-hydrogen) atoms. The number of hydrogen-bond acceptors (Lipinski definition) is 7. The summed E-state index contributed by atoms with van der Waals surface area (Å²) in [6.07, 6.45) is -9.25. The van der Waals surface area contributed by atoms with E-state index in [0.29, 0.717) is 10.5 Å². The van der Waals surface area contributed by atoms with Gasteiger partial charge in [0.05, 0.1) is 0 Å². The predicted octanol–water partition coefficient (Wildman–Crippen LogP) is -1.06. The van der Waals surface area contributed by atoms with E-state index < -0.39 is 43.9 Å². The van der Waals surface area contributed by atoms with Crippen LogP contribution in [0.5, 0.6) is 0 Å². The molecule has 0 spiro atoms. The Labute approximate surface area is 151 Å². The molecule has 0 amide bonds. The van der Waals surface area contributed by atoms with Crippen molar-refractivity contribution in [3.8, 4) is 0 Å². The van der Waals surface area contributed by atoms with Crippen LogP contribution in [0.4, 0.5) is 0 Å². The fourth-order valence-electron chi connectivity index (χ4n) is 3.35. The van der Waals surface area contributed by atoms with Crippen molar-refractivity contribution >= 4 is 30.3 Å². The summed E-state index contributed by atoms with van der Waals surface area (Å²) in [5, 5.41) is 51.5. The smallest absolute Gasteiger partial charge is 0.387 e. The number of H-pyrrole nitrogens is 1. The molecule has 144 valence electrons. The zero-order valence-electron chi connectivity index (χ0n) is 13.0. The highest BCUT2D eigenvalue weighted by Crippen LogP contribution is 2.53. The van der Waals surface area contributed by atoms with Gasteiger partial charge in [0.2, 0.25) is 0 Å². The number of benzene rings is 1. The maximum absolute atomic E-state index is 11.6. The second kappa shape index (κ2) is 6.54. The lowest BCUT2D eigenvalue weighted by Crippen LogP contribution is -2.69. The van der Waals surface area contributed by atoms with Crippen molar-refractivity contribution < 1.29 is 44.4 Å². The topological polar surface area (TPSA) is 184 Å². The van der Waals surface area contributed by atoms with Gasteiger partial charge in [-0.05, 0) is 12.1 Å². The molecule has 1 aromatic carbocycles. The highest BCUT2D eigenvalue weighted by molar-refractivity contribution is 7.46. The highest BCUT2D eigenvalue weighted by Gasteiger charge is 2.63. The van der Waals surface area contributed by atoms with Crippen LogP contribution in [-0.4, -0.2) is 70.8 Å². The number of fused-ring (bicyclic) bond motifs is 1. The number of halogens is 1. The first kappa shape index (κ1) is 19.7. The van der Waals surface area contributed by atoms with Gasteiger partial charge in [0.1, 0.15) is 30.5 Å². The van der Waals surface area contributed by atoms with Crippen LogP contribution in [0.1, 0.15) is 5.56 Å². The Balaban J connectivity index is 2.29. The van der Waals surface area contributed by atoms with Crippen LogP contribution in [0.3, 0.4) is 0 Å². The molecule has 6 atom stereocenters. The van der Waals surface area contributed by atoms with Gasteiger partial charge in [0, 0.05) is 27.7 Å². The van der Waals surface area contributed by atoms with Crippen molar-refractivity contribution in [2.24, 2.45) is 0 Å². The number of aromatic amines is 1. The Morgan fingerprint density at radius 1 is 1.04 bits per heavy atom. The Morgan fingerprint density at radius 2 is 1.62 bits per heavy atom. The molecule has 1 aliphatic rings. The van der Waals surface area contributed by atoms with Crippen molar-refractivity contribution in [3.63, 3.8) is 0 Å². The van der Waals surface area contributed by atoms with Gasteiger partial charge in [-0.15, -0.1) is 0 Å². The van der Waals surface area contributed by atoms with Crippen molar-refractivity contribution in [1.29, 1.82) is 0 Å². The molecule has 0 radical (unpaired) electrons. The zero-order valence-corrected chi connectivity index (χ0v) is 14.6. The first-order chi connectivity index (χ1) is 12.0. The third-order valence-electron chi connectivity index (χ3n) is 4.56. The quantitative estimate of drug-likeness (QED) is 0.293. The lowest BCUT2D eigenvalue weighted by Gasteiger charge is -2.49. The van der Waals surface area contributed by atoms with Gasteiger partial charge in [-0.25, -0.2) is 4.57 Å². The van der Waals surface area contributed by atoms with Crippen LogP contribution in [0.2, 0.25) is 5.02 Å². The van der Waals surface area contributed by atoms with Crippen LogP contribution < -0.4 is 0 Å². The number of aliphatic hydroxyl groups is 5. The van der Waals surface area contributed by atoms with Crippen molar-refractivity contribution in [1.82, 2.24) is 4.98 Å². The maximum atomic E-state index is 11.6. The summed E-state index contributed by atoms with van der Waals surface area (Å²) in [5.74, 6) is 0. The molecule has 1 aromatic heterocycles. The second-order valence-electron chi connectivity index (χ2n) is 6.13. The van der Waals surface area contributed by atoms with E-state index in [1.807, 2.05) is 0 Å². The molecule has 0 bridgehead atoms. The third-order valence-corrected chi connectivity index (χ3v) is 5.34. The second-order valence-corrected chi connectivity index (χ2v) is 7.73. The maximum Gasteiger partial charge on any atom is 0.470 e. The number of rotatable bonds is 3. The van der Waals surface area contributed by atoms with E-state index in [-0.39, 0.29) is 10.9 Å². The zero-order chi connectivity index (χ0) is 19.4.